The Balaban J connectivity index is 2.51. The van der Waals surface area contributed by atoms with Crippen LogP contribution in [0.2, 0.25) is 0 Å². The van der Waals surface area contributed by atoms with Crippen molar-refractivity contribution in [3.05, 3.63) is 30.2 Å². The monoisotopic (exact) mass is 215 g/mol. The van der Waals surface area contributed by atoms with E-state index in [1.165, 1.54) is 0 Å². The van der Waals surface area contributed by atoms with Crippen molar-refractivity contribution in [2.45, 2.75) is 26.2 Å². The molecule has 0 bridgehead atoms. The molecule has 1 aromatic carbocycles. The maximum absolute atomic E-state index is 5.53. The van der Waals surface area contributed by atoms with Crippen LogP contribution in [0.4, 0.5) is 0 Å². The fourth-order valence-corrected chi connectivity index (χ4v) is 1.97. The zero-order valence-corrected chi connectivity index (χ0v) is 9.57. The fraction of sp³-hybridized carbons (Fsp3) is 0.308. The van der Waals surface area contributed by atoms with Gasteiger partial charge in [0.2, 0.25) is 0 Å². The van der Waals surface area contributed by atoms with Gasteiger partial charge in [0.25, 0.3) is 0 Å². The van der Waals surface area contributed by atoms with E-state index in [2.05, 4.69) is 25.9 Å². The molecule has 0 unspecified atom stereocenters. The topological polar surface area (TPSA) is 39.2 Å². The first-order valence-electron chi connectivity index (χ1n) is 5.33. The number of hydrogen-bond acceptors (Lipinski definition) is 3. The highest BCUT2D eigenvalue weighted by Gasteiger charge is 2.24. The third-order valence-corrected chi connectivity index (χ3v) is 2.77. The minimum Gasteiger partial charge on any atom is -0.463 e. The molecular weight excluding hydrogens is 202 g/mol. The van der Waals surface area contributed by atoms with Crippen molar-refractivity contribution in [3.8, 4) is 0 Å². The molecule has 0 fully saturated rings. The summed E-state index contributed by atoms with van der Waals surface area (Å²) in [6.07, 6.45) is 1.70. The molecule has 3 rings (SSSR count). The van der Waals surface area contributed by atoms with E-state index in [9.17, 15) is 0 Å². The molecule has 82 valence electrons. The number of furan rings is 1. The summed E-state index contributed by atoms with van der Waals surface area (Å²) in [7, 11) is 0. The summed E-state index contributed by atoms with van der Waals surface area (Å²) in [5.74, 6) is 0. The summed E-state index contributed by atoms with van der Waals surface area (Å²) >= 11 is 0. The van der Waals surface area contributed by atoms with Crippen molar-refractivity contribution in [3.63, 3.8) is 0 Å². The summed E-state index contributed by atoms with van der Waals surface area (Å²) in [6, 6.07) is 5.88. The third kappa shape index (κ3) is 1.18. The zero-order valence-electron chi connectivity index (χ0n) is 9.57. The molecule has 3 heteroatoms. The molecule has 0 radical (unpaired) electrons. The van der Waals surface area contributed by atoms with Gasteiger partial charge in [-0.25, -0.2) is 0 Å². The molecule has 2 aromatic heterocycles. The fourth-order valence-electron chi connectivity index (χ4n) is 1.97. The number of hydrogen-bond donors (Lipinski definition) is 0. The predicted molar refractivity (Wildman–Crippen MR) is 62.5 cm³/mol. The lowest BCUT2D eigenvalue weighted by Crippen LogP contribution is -2.11. The molecule has 0 N–H and O–H groups in total. The van der Waals surface area contributed by atoms with E-state index in [0.29, 0.717) is 0 Å². The second-order valence-corrected chi connectivity index (χ2v) is 5.06. The summed E-state index contributed by atoms with van der Waals surface area (Å²) in [5, 5.41) is 6.24. The van der Waals surface area contributed by atoms with Crippen LogP contribution >= 0.6 is 0 Å². The van der Waals surface area contributed by atoms with Crippen molar-refractivity contribution < 1.29 is 8.94 Å². The SMILES string of the molecule is CC(C)(C)c1noc2ccc3ccoc3c12. The first-order chi connectivity index (χ1) is 7.57. The van der Waals surface area contributed by atoms with Crippen molar-refractivity contribution in [1.29, 1.82) is 0 Å². The van der Waals surface area contributed by atoms with Gasteiger partial charge in [-0.1, -0.05) is 25.9 Å². The number of nitrogens with zero attached hydrogens (tertiary/aromatic N) is 1. The van der Waals surface area contributed by atoms with E-state index < -0.39 is 0 Å². The highest BCUT2D eigenvalue weighted by molar-refractivity contribution is 6.03. The molecular formula is C13H13NO2. The average molecular weight is 215 g/mol. The van der Waals surface area contributed by atoms with Gasteiger partial charge in [-0.05, 0) is 18.2 Å². The van der Waals surface area contributed by atoms with E-state index >= 15 is 0 Å². The summed E-state index contributed by atoms with van der Waals surface area (Å²) < 4.78 is 10.9. The van der Waals surface area contributed by atoms with Crippen LogP contribution in [-0.2, 0) is 5.41 Å². The van der Waals surface area contributed by atoms with Gasteiger partial charge in [0, 0.05) is 10.8 Å². The Morgan fingerprint density at radius 2 is 1.94 bits per heavy atom. The van der Waals surface area contributed by atoms with Gasteiger partial charge in [0.15, 0.2) is 5.58 Å². The molecule has 16 heavy (non-hydrogen) atoms. The Morgan fingerprint density at radius 1 is 1.12 bits per heavy atom. The second-order valence-electron chi connectivity index (χ2n) is 5.06. The Labute approximate surface area is 93.0 Å². The summed E-state index contributed by atoms with van der Waals surface area (Å²) in [5.41, 5.74) is 2.55. The van der Waals surface area contributed by atoms with Crippen LogP contribution in [0.15, 0.2) is 33.4 Å². The molecule has 3 aromatic rings. The van der Waals surface area contributed by atoms with Crippen molar-refractivity contribution in [2.24, 2.45) is 0 Å². The van der Waals surface area contributed by atoms with Crippen LogP contribution in [-0.4, -0.2) is 5.16 Å². The van der Waals surface area contributed by atoms with E-state index in [1.807, 2.05) is 18.2 Å². The standard InChI is InChI=1S/C13H13NO2/c1-13(2,3)12-10-9(16-14-12)5-4-8-6-7-15-11(8)10/h4-7H,1-3H3. The average Bonchev–Trinajstić information content (AvgIpc) is 2.81. The minimum absolute atomic E-state index is 0.0493. The van der Waals surface area contributed by atoms with Crippen molar-refractivity contribution in [1.82, 2.24) is 5.16 Å². The van der Waals surface area contributed by atoms with Gasteiger partial charge in [0.05, 0.1) is 11.6 Å². The second kappa shape index (κ2) is 2.88. The Bertz CT molecular complexity index is 655. The number of benzene rings is 1. The van der Waals surface area contributed by atoms with E-state index in [1.54, 1.807) is 6.26 Å². The third-order valence-electron chi connectivity index (χ3n) is 2.77. The molecule has 0 spiro atoms. The molecule has 0 saturated carbocycles. The normalized spacial score (nSPS) is 12.7. The lowest BCUT2D eigenvalue weighted by molar-refractivity contribution is 0.419. The maximum atomic E-state index is 5.53. The Hall–Kier alpha value is -1.77. The number of aromatic nitrogens is 1. The molecule has 0 aliphatic heterocycles. The lowest BCUT2D eigenvalue weighted by atomic mass is 9.89. The van der Waals surface area contributed by atoms with Crippen LogP contribution in [0.3, 0.4) is 0 Å². The van der Waals surface area contributed by atoms with E-state index in [-0.39, 0.29) is 5.41 Å². The van der Waals surface area contributed by atoms with Crippen LogP contribution in [0.25, 0.3) is 21.9 Å². The molecule has 0 amide bonds. The predicted octanol–water partition coefficient (Wildman–Crippen LogP) is 3.87. The Kier molecular flexibility index (Phi) is 1.70. The summed E-state index contributed by atoms with van der Waals surface area (Å²) in [4.78, 5) is 0. The summed E-state index contributed by atoms with van der Waals surface area (Å²) in [6.45, 7) is 6.35. The quantitative estimate of drug-likeness (QED) is 0.571. The lowest BCUT2D eigenvalue weighted by Gasteiger charge is -2.14. The van der Waals surface area contributed by atoms with E-state index in [4.69, 9.17) is 8.94 Å². The molecule has 0 atom stereocenters. The number of rotatable bonds is 0. The largest absolute Gasteiger partial charge is 0.463 e. The van der Waals surface area contributed by atoms with Gasteiger partial charge < -0.3 is 8.94 Å². The van der Waals surface area contributed by atoms with Gasteiger partial charge in [-0.3, -0.25) is 0 Å². The molecule has 3 nitrogen and oxygen atoms in total. The van der Waals surface area contributed by atoms with Gasteiger partial charge >= 0.3 is 0 Å². The van der Waals surface area contributed by atoms with E-state index in [0.717, 1.165) is 27.6 Å². The molecule has 2 heterocycles. The minimum atomic E-state index is -0.0493. The van der Waals surface area contributed by atoms with Crippen LogP contribution in [0.1, 0.15) is 26.5 Å². The molecule has 0 saturated heterocycles. The van der Waals surface area contributed by atoms with Gasteiger partial charge in [0.1, 0.15) is 11.3 Å². The van der Waals surface area contributed by atoms with Crippen molar-refractivity contribution in [2.75, 3.05) is 0 Å². The highest BCUT2D eigenvalue weighted by atomic mass is 16.5. The van der Waals surface area contributed by atoms with Crippen molar-refractivity contribution >= 4 is 21.9 Å². The first kappa shape index (κ1) is 9.46. The molecule has 0 aliphatic carbocycles. The van der Waals surface area contributed by atoms with Crippen LogP contribution in [0, 0.1) is 0 Å². The highest BCUT2D eigenvalue weighted by Crippen LogP contribution is 2.34. The molecule has 0 aliphatic rings. The van der Waals surface area contributed by atoms with Gasteiger partial charge in [-0.2, -0.15) is 0 Å². The first-order valence-corrected chi connectivity index (χ1v) is 5.33. The smallest absolute Gasteiger partial charge is 0.170 e. The number of fused-ring (bicyclic) bond motifs is 3. The van der Waals surface area contributed by atoms with Gasteiger partial charge in [-0.15, -0.1) is 0 Å². The maximum Gasteiger partial charge on any atom is 0.170 e. The van der Waals surface area contributed by atoms with Crippen LogP contribution < -0.4 is 0 Å². The Morgan fingerprint density at radius 3 is 2.69 bits per heavy atom. The zero-order chi connectivity index (χ0) is 11.3. The van der Waals surface area contributed by atoms with Crippen LogP contribution in [0.5, 0.6) is 0 Å².